The molecule has 96 valence electrons. The molecule has 0 saturated heterocycles. The largest absolute Gasteiger partial charge is 0.479 e. The predicted molar refractivity (Wildman–Crippen MR) is 71.2 cm³/mol. The van der Waals surface area contributed by atoms with Gasteiger partial charge in [-0.3, -0.25) is 0 Å². The van der Waals surface area contributed by atoms with Crippen molar-refractivity contribution < 1.29 is 4.74 Å². The van der Waals surface area contributed by atoms with Gasteiger partial charge in [-0.1, -0.05) is 25.0 Å². The summed E-state index contributed by atoms with van der Waals surface area (Å²) < 4.78 is 5.29. The van der Waals surface area contributed by atoms with Crippen molar-refractivity contribution in [3.05, 3.63) is 29.8 Å². The molecular weight excluding hydrogens is 224 g/mol. The molecule has 0 heterocycles. The van der Waals surface area contributed by atoms with Gasteiger partial charge in [0, 0.05) is 12.6 Å². The van der Waals surface area contributed by atoms with Crippen LogP contribution in [0.4, 0.5) is 0 Å². The van der Waals surface area contributed by atoms with Gasteiger partial charge in [-0.25, -0.2) is 0 Å². The first-order valence-corrected chi connectivity index (χ1v) is 6.60. The van der Waals surface area contributed by atoms with Crippen LogP contribution in [0.3, 0.4) is 0 Å². The highest BCUT2D eigenvalue weighted by Crippen LogP contribution is 2.33. The van der Waals surface area contributed by atoms with Crippen molar-refractivity contribution in [1.82, 2.24) is 5.32 Å². The van der Waals surface area contributed by atoms with E-state index in [4.69, 9.17) is 10.00 Å². The van der Waals surface area contributed by atoms with Crippen molar-refractivity contribution in [3.8, 4) is 11.8 Å². The summed E-state index contributed by atoms with van der Waals surface area (Å²) >= 11 is 0. The van der Waals surface area contributed by atoms with Crippen molar-refractivity contribution >= 4 is 0 Å². The van der Waals surface area contributed by atoms with Crippen LogP contribution < -0.4 is 10.1 Å². The molecule has 1 aliphatic carbocycles. The Hall–Kier alpha value is -1.53. The van der Waals surface area contributed by atoms with Gasteiger partial charge in [0.1, 0.15) is 11.8 Å². The van der Waals surface area contributed by atoms with Gasteiger partial charge in [0.2, 0.25) is 0 Å². The summed E-state index contributed by atoms with van der Waals surface area (Å²) in [6.07, 6.45) is 4.09. The summed E-state index contributed by atoms with van der Waals surface area (Å²) in [4.78, 5) is 0. The predicted octanol–water partition coefficient (Wildman–Crippen LogP) is 2.87. The normalized spacial score (nSPS) is 16.0. The summed E-state index contributed by atoms with van der Waals surface area (Å²) in [6.45, 7) is 3.21. The summed E-state index contributed by atoms with van der Waals surface area (Å²) in [5.74, 6) is 1.73. The van der Waals surface area contributed by atoms with Gasteiger partial charge in [-0.05, 0) is 37.0 Å². The molecule has 1 fully saturated rings. The van der Waals surface area contributed by atoms with Crippen LogP contribution in [0.1, 0.15) is 31.7 Å². The number of nitrogens with zero attached hydrogens (tertiary/aromatic N) is 1. The molecule has 18 heavy (non-hydrogen) atoms. The molecule has 1 aromatic carbocycles. The summed E-state index contributed by atoms with van der Waals surface area (Å²) in [7, 11) is 0. The standard InChI is InChI=1S/C15H20N2O/c1-12(9-13-5-6-13)17-11-14-3-2-4-15(10-14)18-8-7-16/h2-4,10,12-13,17H,5-6,8-9,11H2,1H3. The number of ether oxygens (including phenoxy) is 1. The lowest BCUT2D eigenvalue weighted by molar-refractivity contribution is 0.367. The van der Waals surface area contributed by atoms with Gasteiger partial charge in [-0.2, -0.15) is 5.26 Å². The zero-order valence-corrected chi connectivity index (χ0v) is 10.9. The average molecular weight is 244 g/mol. The quantitative estimate of drug-likeness (QED) is 0.802. The van der Waals surface area contributed by atoms with E-state index >= 15 is 0 Å². The number of benzene rings is 1. The zero-order valence-electron chi connectivity index (χ0n) is 10.9. The molecular formula is C15H20N2O. The van der Waals surface area contributed by atoms with E-state index in [1.807, 2.05) is 24.3 Å². The molecule has 1 aromatic rings. The second-order valence-corrected chi connectivity index (χ2v) is 5.06. The van der Waals surface area contributed by atoms with Gasteiger partial charge in [-0.15, -0.1) is 0 Å². The molecule has 1 unspecified atom stereocenters. The zero-order chi connectivity index (χ0) is 12.8. The minimum absolute atomic E-state index is 0.106. The Morgan fingerprint density at radius 3 is 3.06 bits per heavy atom. The Morgan fingerprint density at radius 2 is 2.33 bits per heavy atom. The molecule has 0 amide bonds. The highest BCUT2D eigenvalue weighted by atomic mass is 16.5. The van der Waals surface area contributed by atoms with E-state index in [1.165, 1.54) is 24.8 Å². The lowest BCUT2D eigenvalue weighted by Gasteiger charge is -2.13. The Bertz CT molecular complexity index is 421. The molecule has 1 saturated carbocycles. The molecule has 3 heteroatoms. The van der Waals surface area contributed by atoms with Gasteiger partial charge in [0.25, 0.3) is 0 Å². The van der Waals surface area contributed by atoms with Crippen molar-refractivity contribution in [3.63, 3.8) is 0 Å². The molecule has 0 aliphatic heterocycles. The van der Waals surface area contributed by atoms with Gasteiger partial charge < -0.3 is 10.1 Å². The Kier molecular flexibility index (Phi) is 4.60. The van der Waals surface area contributed by atoms with E-state index in [1.54, 1.807) is 0 Å². The number of nitriles is 1. The maximum Gasteiger partial charge on any atom is 0.174 e. The number of nitrogens with one attached hydrogen (secondary N) is 1. The fourth-order valence-electron chi connectivity index (χ4n) is 2.09. The summed E-state index contributed by atoms with van der Waals surface area (Å²) in [6, 6.07) is 10.5. The number of hydrogen-bond donors (Lipinski definition) is 1. The molecule has 0 bridgehead atoms. The lowest BCUT2D eigenvalue weighted by atomic mass is 10.1. The minimum Gasteiger partial charge on any atom is -0.479 e. The van der Waals surface area contributed by atoms with E-state index in [0.29, 0.717) is 6.04 Å². The van der Waals surface area contributed by atoms with Crippen LogP contribution in [0.15, 0.2) is 24.3 Å². The van der Waals surface area contributed by atoms with Gasteiger partial charge >= 0.3 is 0 Å². The van der Waals surface area contributed by atoms with E-state index in [9.17, 15) is 0 Å². The fourth-order valence-corrected chi connectivity index (χ4v) is 2.09. The first kappa shape index (κ1) is 12.9. The van der Waals surface area contributed by atoms with Crippen LogP contribution in [0.2, 0.25) is 0 Å². The van der Waals surface area contributed by atoms with Crippen LogP contribution in [0.25, 0.3) is 0 Å². The third kappa shape index (κ3) is 4.38. The number of hydrogen-bond acceptors (Lipinski definition) is 3. The molecule has 1 atom stereocenters. The molecule has 2 rings (SSSR count). The van der Waals surface area contributed by atoms with Crippen LogP contribution in [-0.4, -0.2) is 12.6 Å². The van der Waals surface area contributed by atoms with Gasteiger partial charge in [0.15, 0.2) is 6.61 Å². The highest BCUT2D eigenvalue weighted by molar-refractivity contribution is 5.28. The van der Waals surface area contributed by atoms with Crippen molar-refractivity contribution in [2.24, 2.45) is 5.92 Å². The van der Waals surface area contributed by atoms with Gasteiger partial charge in [0.05, 0.1) is 0 Å². The Labute approximate surface area is 109 Å². The van der Waals surface area contributed by atoms with Crippen LogP contribution in [-0.2, 0) is 6.54 Å². The maximum atomic E-state index is 8.48. The molecule has 1 aliphatic rings. The Morgan fingerprint density at radius 1 is 1.50 bits per heavy atom. The second-order valence-electron chi connectivity index (χ2n) is 5.06. The monoisotopic (exact) mass is 244 g/mol. The molecule has 0 aromatic heterocycles. The van der Waals surface area contributed by atoms with Crippen LogP contribution in [0, 0.1) is 17.2 Å². The molecule has 1 N–H and O–H groups in total. The highest BCUT2D eigenvalue weighted by Gasteiger charge is 2.23. The van der Waals surface area contributed by atoms with Crippen molar-refractivity contribution in [2.75, 3.05) is 6.61 Å². The molecule has 3 nitrogen and oxygen atoms in total. The average Bonchev–Trinajstić information content (AvgIpc) is 3.18. The molecule has 0 spiro atoms. The van der Waals surface area contributed by atoms with Crippen molar-refractivity contribution in [1.29, 1.82) is 5.26 Å². The SMILES string of the molecule is CC(CC1CC1)NCc1cccc(OCC#N)c1. The Balaban J connectivity index is 1.78. The molecule has 0 radical (unpaired) electrons. The second kappa shape index (κ2) is 6.42. The van der Waals surface area contributed by atoms with Crippen molar-refractivity contribution in [2.45, 2.75) is 38.8 Å². The van der Waals surface area contributed by atoms with Crippen LogP contribution in [0.5, 0.6) is 5.75 Å². The minimum atomic E-state index is 0.106. The first-order chi connectivity index (χ1) is 8.78. The van der Waals surface area contributed by atoms with E-state index in [0.717, 1.165) is 18.2 Å². The fraction of sp³-hybridized carbons (Fsp3) is 0.533. The first-order valence-electron chi connectivity index (χ1n) is 6.60. The van der Waals surface area contributed by atoms with E-state index < -0.39 is 0 Å². The van der Waals surface area contributed by atoms with E-state index in [2.05, 4.69) is 18.3 Å². The summed E-state index contributed by atoms with van der Waals surface area (Å²) in [5, 5.41) is 12.0. The third-order valence-corrected chi connectivity index (χ3v) is 3.24. The van der Waals surface area contributed by atoms with E-state index in [-0.39, 0.29) is 6.61 Å². The summed E-state index contributed by atoms with van der Waals surface area (Å²) in [5.41, 5.74) is 1.20. The maximum absolute atomic E-state index is 8.48. The lowest BCUT2D eigenvalue weighted by Crippen LogP contribution is -2.25. The third-order valence-electron chi connectivity index (χ3n) is 3.24. The van der Waals surface area contributed by atoms with Crippen LogP contribution >= 0.6 is 0 Å². The smallest absolute Gasteiger partial charge is 0.174 e. The number of rotatable bonds is 7. The topological polar surface area (TPSA) is 45.0 Å².